The number of fused-ring (bicyclic) bond motifs is 4. The lowest BCUT2D eigenvalue weighted by molar-refractivity contribution is 0.0119. The molecule has 2 aromatic rings. The van der Waals surface area contributed by atoms with Gasteiger partial charge in [-0.3, -0.25) is 0 Å². The van der Waals surface area contributed by atoms with Gasteiger partial charge in [0.05, 0.1) is 13.7 Å². The Bertz CT molecular complexity index is 916. The fraction of sp³-hybridized carbons (Fsp3) is 0.474. The molecule has 0 bridgehead atoms. The third kappa shape index (κ3) is 2.91. The number of aromatic amines is 1. The van der Waals surface area contributed by atoms with E-state index in [9.17, 15) is 14.7 Å². The van der Waals surface area contributed by atoms with Gasteiger partial charge >= 0.3 is 12.2 Å². The van der Waals surface area contributed by atoms with Gasteiger partial charge in [0, 0.05) is 47.7 Å². The highest BCUT2D eigenvalue weighted by Crippen LogP contribution is 2.45. The van der Waals surface area contributed by atoms with E-state index < -0.39 is 19.0 Å². The Hall–Kier alpha value is -2.94. The van der Waals surface area contributed by atoms with Crippen LogP contribution in [0.4, 0.5) is 9.59 Å². The number of likely N-dealkylation sites (tertiary alicyclic amines) is 1. The molecule has 1 saturated heterocycles. The topological polar surface area (TPSA) is 115 Å². The Morgan fingerprint density at radius 1 is 1.25 bits per heavy atom. The summed E-state index contributed by atoms with van der Waals surface area (Å²) < 4.78 is 10.00. The third-order valence-electron chi connectivity index (χ3n) is 5.89. The number of aliphatic hydroxyl groups excluding tert-OH is 1. The number of benzene rings is 1. The molecule has 3 N–H and O–H groups in total. The van der Waals surface area contributed by atoms with Gasteiger partial charge in [0.1, 0.15) is 5.75 Å². The van der Waals surface area contributed by atoms with Crippen LogP contribution >= 0.6 is 0 Å². The molecule has 3 heterocycles. The summed E-state index contributed by atoms with van der Waals surface area (Å²) >= 11 is 0. The maximum Gasteiger partial charge on any atom is 0.411 e. The number of methoxy groups -OCH3 is 1. The van der Waals surface area contributed by atoms with Crippen molar-refractivity contribution >= 4 is 23.1 Å². The number of H-pyrrole nitrogens is 1. The number of carboxylic acid groups (broad SMARTS) is 1. The van der Waals surface area contributed by atoms with E-state index in [-0.39, 0.29) is 5.41 Å². The molecule has 4 rings (SSSR count). The Kier molecular flexibility index (Phi) is 4.54. The number of aliphatic hydroxyl groups is 1. The van der Waals surface area contributed by atoms with Crippen molar-refractivity contribution in [3.8, 4) is 5.75 Å². The maximum absolute atomic E-state index is 11.9. The van der Waals surface area contributed by atoms with Crippen LogP contribution in [0.3, 0.4) is 0 Å². The van der Waals surface area contributed by atoms with Crippen LogP contribution in [0.25, 0.3) is 10.9 Å². The van der Waals surface area contributed by atoms with Crippen molar-refractivity contribution in [1.29, 1.82) is 0 Å². The molecule has 0 unspecified atom stereocenters. The average molecular weight is 389 g/mol. The van der Waals surface area contributed by atoms with E-state index in [2.05, 4.69) is 9.72 Å². The van der Waals surface area contributed by atoms with Crippen LogP contribution in [0, 0.1) is 0 Å². The summed E-state index contributed by atoms with van der Waals surface area (Å²) in [5.74, 6) is 0.733. The van der Waals surface area contributed by atoms with Crippen LogP contribution in [0.15, 0.2) is 18.2 Å². The van der Waals surface area contributed by atoms with Gasteiger partial charge in [-0.2, -0.15) is 0 Å². The highest BCUT2D eigenvalue weighted by Gasteiger charge is 2.46. The second-order valence-electron chi connectivity index (χ2n) is 7.34. The number of nitrogens with one attached hydrogen (secondary N) is 1. The number of hydrogen-bond acceptors (Lipinski definition) is 5. The zero-order chi connectivity index (χ0) is 19.9. The molecule has 2 amide bonds. The SMILES string of the molecule is COc1ccc2c3c([nH]c2c1)CN(C(=O)O)CC31CCN(C(=O)OCO)CC1. The molecule has 2 aliphatic heterocycles. The molecule has 9 nitrogen and oxygen atoms in total. The first-order valence-electron chi connectivity index (χ1n) is 9.17. The minimum Gasteiger partial charge on any atom is -0.497 e. The summed E-state index contributed by atoms with van der Waals surface area (Å²) in [5, 5.41) is 19.5. The number of hydrogen-bond donors (Lipinski definition) is 3. The number of amides is 2. The van der Waals surface area contributed by atoms with E-state index in [4.69, 9.17) is 9.84 Å². The number of rotatable bonds is 2. The van der Waals surface area contributed by atoms with Crippen molar-refractivity contribution in [3.63, 3.8) is 0 Å². The van der Waals surface area contributed by atoms with Crippen molar-refractivity contribution in [1.82, 2.24) is 14.8 Å². The fourth-order valence-corrected chi connectivity index (χ4v) is 4.58. The minimum atomic E-state index is -0.955. The molecule has 150 valence electrons. The molecule has 28 heavy (non-hydrogen) atoms. The predicted octanol–water partition coefficient (Wildman–Crippen LogP) is 2.09. The number of carbonyl (C=O) groups excluding carboxylic acids is 1. The van der Waals surface area contributed by atoms with Crippen molar-refractivity contribution in [2.24, 2.45) is 0 Å². The van der Waals surface area contributed by atoms with Crippen LogP contribution in [0.5, 0.6) is 5.75 Å². The number of piperidine rings is 1. The zero-order valence-electron chi connectivity index (χ0n) is 15.6. The highest BCUT2D eigenvalue weighted by molar-refractivity contribution is 5.88. The maximum atomic E-state index is 11.9. The van der Waals surface area contributed by atoms with E-state index in [0.717, 1.165) is 27.9 Å². The largest absolute Gasteiger partial charge is 0.497 e. The number of nitrogens with zero attached hydrogens (tertiary/aromatic N) is 2. The van der Waals surface area contributed by atoms with Crippen LogP contribution in [-0.2, 0) is 16.7 Å². The van der Waals surface area contributed by atoms with Gasteiger partial charge < -0.3 is 34.5 Å². The standard InChI is InChI=1S/C19H23N3O6/c1-27-12-2-3-13-14(8-12)20-15-9-22(17(24)25)10-19(16(13)15)4-6-21(7-5-19)18(26)28-11-23/h2-3,8,20,23H,4-7,9-11H2,1H3,(H,24,25). The molecule has 9 heteroatoms. The number of ether oxygens (including phenoxy) is 2. The molecule has 1 fully saturated rings. The predicted molar refractivity (Wildman–Crippen MR) is 99.3 cm³/mol. The van der Waals surface area contributed by atoms with Crippen molar-refractivity contribution < 1.29 is 29.3 Å². The van der Waals surface area contributed by atoms with Gasteiger partial charge in [0.25, 0.3) is 0 Å². The number of carbonyl (C=O) groups is 2. The van der Waals surface area contributed by atoms with Crippen LogP contribution in [-0.4, -0.2) is 70.7 Å². The van der Waals surface area contributed by atoms with Gasteiger partial charge in [-0.1, -0.05) is 0 Å². The first-order valence-corrected chi connectivity index (χ1v) is 9.17. The Labute approximate surface area is 161 Å². The molecule has 0 aliphatic carbocycles. The quantitative estimate of drug-likeness (QED) is 0.678. The average Bonchev–Trinajstić information content (AvgIpc) is 3.06. The Morgan fingerprint density at radius 2 is 2.00 bits per heavy atom. The number of aromatic nitrogens is 1. The van der Waals surface area contributed by atoms with E-state index in [0.29, 0.717) is 39.0 Å². The van der Waals surface area contributed by atoms with Gasteiger partial charge in [0.15, 0.2) is 6.79 Å². The third-order valence-corrected chi connectivity index (χ3v) is 5.89. The lowest BCUT2D eigenvalue weighted by Crippen LogP contribution is -2.53. The first kappa shape index (κ1) is 18.4. The van der Waals surface area contributed by atoms with Gasteiger partial charge in [-0.05, 0) is 30.5 Å². The van der Waals surface area contributed by atoms with E-state index in [1.54, 1.807) is 12.0 Å². The monoisotopic (exact) mass is 389 g/mol. The molecule has 0 atom stereocenters. The van der Waals surface area contributed by atoms with Crippen molar-refractivity contribution in [3.05, 3.63) is 29.5 Å². The van der Waals surface area contributed by atoms with E-state index in [1.807, 2.05) is 18.2 Å². The van der Waals surface area contributed by atoms with Gasteiger partial charge in [0.2, 0.25) is 0 Å². The van der Waals surface area contributed by atoms with Crippen LogP contribution in [0.1, 0.15) is 24.1 Å². The normalized spacial score (nSPS) is 18.2. The molecule has 1 aromatic heterocycles. The highest BCUT2D eigenvalue weighted by atomic mass is 16.6. The molecular weight excluding hydrogens is 366 g/mol. The van der Waals surface area contributed by atoms with Gasteiger partial charge in [-0.15, -0.1) is 0 Å². The zero-order valence-corrected chi connectivity index (χ0v) is 15.6. The Morgan fingerprint density at radius 3 is 2.64 bits per heavy atom. The first-order chi connectivity index (χ1) is 13.5. The molecule has 0 saturated carbocycles. The van der Waals surface area contributed by atoms with Crippen molar-refractivity contribution in [2.75, 3.05) is 33.5 Å². The van der Waals surface area contributed by atoms with E-state index in [1.165, 1.54) is 4.90 Å². The second-order valence-corrected chi connectivity index (χ2v) is 7.34. The smallest absolute Gasteiger partial charge is 0.411 e. The lowest BCUT2D eigenvalue weighted by atomic mass is 9.69. The summed E-state index contributed by atoms with van der Waals surface area (Å²) in [6.07, 6.45) is -0.275. The van der Waals surface area contributed by atoms with Crippen LogP contribution < -0.4 is 4.74 Å². The molecule has 1 aromatic carbocycles. The molecule has 0 radical (unpaired) electrons. The van der Waals surface area contributed by atoms with Gasteiger partial charge in [-0.25, -0.2) is 9.59 Å². The Balaban J connectivity index is 1.73. The minimum absolute atomic E-state index is 0.305. The van der Waals surface area contributed by atoms with Crippen molar-refractivity contribution in [2.45, 2.75) is 24.8 Å². The summed E-state index contributed by atoms with van der Waals surface area (Å²) in [7, 11) is 1.61. The lowest BCUT2D eigenvalue weighted by Gasteiger charge is -2.46. The summed E-state index contributed by atoms with van der Waals surface area (Å²) in [6.45, 7) is 0.918. The van der Waals surface area contributed by atoms with E-state index >= 15 is 0 Å². The second kappa shape index (κ2) is 6.90. The fourth-order valence-electron chi connectivity index (χ4n) is 4.58. The molecule has 2 aliphatic rings. The summed E-state index contributed by atoms with van der Waals surface area (Å²) in [4.78, 5) is 30.0. The summed E-state index contributed by atoms with van der Waals surface area (Å²) in [6, 6.07) is 5.83. The molecular formula is C19H23N3O6. The van der Waals surface area contributed by atoms with Crippen LogP contribution in [0.2, 0.25) is 0 Å². The summed E-state index contributed by atoms with van der Waals surface area (Å²) in [5.41, 5.74) is 2.56. The molecule has 1 spiro atoms.